The predicted octanol–water partition coefficient (Wildman–Crippen LogP) is 2.53. The van der Waals surface area contributed by atoms with Crippen LogP contribution in [-0.2, 0) is 18.3 Å². The van der Waals surface area contributed by atoms with E-state index in [1.165, 1.54) is 0 Å². The van der Waals surface area contributed by atoms with Gasteiger partial charge in [0.25, 0.3) is 0 Å². The van der Waals surface area contributed by atoms with Gasteiger partial charge >= 0.3 is 7.60 Å². The van der Waals surface area contributed by atoms with Gasteiger partial charge in [-0.15, -0.1) is 0 Å². The molecule has 82 valence electrons. The Hall–Kier alpha value is 0.110. The van der Waals surface area contributed by atoms with Crippen LogP contribution in [0.15, 0.2) is 0 Å². The van der Waals surface area contributed by atoms with Crippen molar-refractivity contribution in [2.24, 2.45) is 0 Å². The molecule has 2 fully saturated rings. The van der Waals surface area contributed by atoms with Crippen molar-refractivity contribution in [3.05, 3.63) is 0 Å². The maximum Gasteiger partial charge on any atom is 0.364 e. The zero-order valence-electron chi connectivity index (χ0n) is 8.69. The van der Waals surface area contributed by atoms with E-state index >= 15 is 0 Å². The molecule has 1 saturated heterocycles. The summed E-state index contributed by atoms with van der Waals surface area (Å²) in [6, 6.07) is 0. The lowest BCUT2D eigenvalue weighted by Crippen LogP contribution is -2.15. The second-order valence-corrected chi connectivity index (χ2v) is 5.94. The first-order chi connectivity index (χ1) is 6.68. The molecule has 0 aromatic carbocycles. The minimum Gasteiger partial charge on any atom is -0.353 e. The average molecular weight is 220 g/mol. The standard InChI is InChI=1S/C9H17O4P/c1-3-11-14(10,12-4-2)9-7-5-6-8(9)13-9/h8H,3-7H2,1-2H3. The number of hydrogen-bond acceptors (Lipinski definition) is 4. The highest BCUT2D eigenvalue weighted by atomic mass is 31.2. The Morgan fingerprint density at radius 1 is 1.43 bits per heavy atom. The first kappa shape index (κ1) is 10.6. The van der Waals surface area contributed by atoms with E-state index in [0.717, 1.165) is 19.3 Å². The Kier molecular flexibility index (Phi) is 2.73. The molecule has 0 N–H and O–H groups in total. The molecule has 0 aromatic rings. The van der Waals surface area contributed by atoms with Crippen LogP contribution in [0.2, 0.25) is 0 Å². The summed E-state index contributed by atoms with van der Waals surface area (Å²) in [5.41, 5.74) is 0. The smallest absolute Gasteiger partial charge is 0.353 e. The van der Waals surface area contributed by atoms with Crippen LogP contribution >= 0.6 is 7.60 Å². The fourth-order valence-electron chi connectivity index (χ4n) is 2.23. The Morgan fingerprint density at radius 3 is 2.43 bits per heavy atom. The molecule has 1 heterocycles. The van der Waals surface area contributed by atoms with Crippen molar-refractivity contribution in [1.82, 2.24) is 0 Å². The minimum atomic E-state index is -3.03. The minimum absolute atomic E-state index is 0.117. The van der Waals surface area contributed by atoms with E-state index < -0.39 is 12.9 Å². The predicted molar refractivity (Wildman–Crippen MR) is 52.3 cm³/mol. The third kappa shape index (κ3) is 1.36. The molecule has 1 aliphatic carbocycles. The number of fused-ring (bicyclic) bond motifs is 1. The van der Waals surface area contributed by atoms with Gasteiger partial charge < -0.3 is 13.8 Å². The monoisotopic (exact) mass is 220 g/mol. The first-order valence-corrected chi connectivity index (χ1v) is 6.80. The molecule has 0 aromatic heterocycles. The third-order valence-electron chi connectivity index (χ3n) is 2.86. The van der Waals surface area contributed by atoms with Gasteiger partial charge in [0.05, 0.1) is 19.3 Å². The summed E-state index contributed by atoms with van der Waals surface area (Å²) in [5.74, 6) is 0. The molecular formula is C9H17O4P. The van der Waals surface area contributed by atoms with E-state index in [9.17, 15) is 4.57 Å². The second kappa shape index (κ2) is 3.60. The highest BCUT2D eigenvalue weighted by Crippen LogP contribution is 2.74. The summed E-state index contributed by atoms with van der Waals surface area (Å²) in [4.78, 5) is 0. The van der Waals surface area contributed by atoms with E-state index in [1.807, 2.05) is 13.8 Å². The lowest BCUT2D eigenvalue weighted by atomic mass is 10.4. The Labute approximate surface area is 84.5 Å². The van der Waals surface area contributed by atoms with Crippen LogP contribution in [-0.4, -0.2) is 24.7 Å². The van der Waals surface area contributed by atoms with Crippen molar-refractivity contribution >= 4 is 7.60 Å². The Morgan fingerprint density at radius 2 is 2.07 bits per heavy atom. The molecular weight excluding hydrogens is 203 g/mol. The molecule has 14 heavy (non-hydrogen) atoms. The Balaban J connectivity index is 2.14. The maximum absolute atomic E-state index is 12.4. The van der Waals surface area contributed by atoms with E-state index in [1.54, 1.807) is 0 Å². The molecule has 2 unspecified atom stereocenters. The number of rotatable bonds is 5. The molecule has 0 radical (unpaired) electrons. The lowest BCUT2D eigenvalue weighted by Gasteiger charge is -2.21. The van der Waals surface area contributed by atoms with Gasteiger partial charge in [-0.25, -0.2) is 0 Å². The molecule has 2 atom stereocenters. The van der Waals surface area contributed by atoms with Crippen molar-refractivity contribution in [3.8, 4) is 0 Å². The van der Waals surface area contributed by atoms with Gasteiger partial charge in [-0.3, -0.25) is 4.57 Å². The second-order valence-electron chi connectivity index (χ2n) is 3.68. The molecule has 1 saturated carbocycles. The quantitative estimate of drug-likeness (QED) is 0.527. The Bertz CT molecular complexity index is 258. The fraction of sp³-hybridized carbons (Fsp3) is 1.00. The van der Waals surface area contributed by atoms with E-state index in [2.05, 4.69) is 0 Å². The topological polar surface area (TPSA) is 48.1 Å². The fourth-order valence-corrected chi connectivity index (χ4v) is 4.59. The van der Waals surface area contributed by atoms with Gasteiger partial charge in [0.15, 0.2) is 5.34 Å². The van der Waals surface area contributed by atoms with E-state index in [4.69, 9.17) is 13.8 Å². The van der Waals surface area contributed by atoms with Gasteiger partial charge in [0.1, 0.15) is 0 Å². The number of ether oxygens (including phenoxy) is 1. The van der Waals surface area contributed by atoms with E-state index in [-0.39, 0.29) is 6.10 Å². The van der Waals surface area contributed by atoms with Crippen molar-refractivity contribution in [2.45, 2.75) is 44.6 Å². The summed E-state index contributed by atoms with van der Waals surface area (Å²) in [7, 11) is -3.03. The highest BCUT2D eigenvalue weighted by Gasteiger charge is 2.72. The number of hydrogen-bond donors (Lipinski definition) is 0. The largest absolute Gasteiger partial charge is 0.364 e. The summed E-state index contributed by atoms with van der Waals surface area (Å²) in [5, 5.41) is -0.570. The molecule has 0 spiro atoms. The molecule has 2 aliphatic rings. The van der Waals surface area contributed by atoms with Crippen LogP contribution in [0.4, 0.5) is 0 Å². The van der Waals surface area contributed by atoms with Gasteiger partial charge in [-0.05, 0) is 33.1 Å². The van der Waals surface area contributed by atoms with Crippen LogP contribution in [0, 0.1) is 0 Å². The van der Waals surface area contributed by atoms with Crippen LogP contribution in [0.3, 0.4) is 0 Å². The zero-order chi connectivity index (χ0) is 10.2. The molecule has 0 bridgehead atoms. The SMILES string of the molecule is CCOP(=O)(OCC)C12CCCC1O2. The van der Waals surface area contributed by atoms with Crippen LogP contribution in [0.5, 0.6) is 0 Å². The summed E-state index contributed by atoms with van der Waals surface area (Å²) in [6.45, 7) is 4.48. The maximum atomic E-state index is 12.4. The zero-order valence-corrected chi connectivity index (χ0v) is 9.59. The van der Waals surface area contributed by atoms with Crippen LogP contribution in [0.1, 0.15) is 33.1 Å². The summed E-state index contributed by atoms with van der Waals surface area (Å²) < 4.78 is 28.5. The molecule has 5 heteroatoms. The van der Waals surface area contributed by atoms with Crippen molar-refractivity contribution < 1.29 is 18.3 Å². The molecule has 2 rings (SSSR count). The van der Waals surface area contributed by atoms with Crippen molar-refractivity contribution in [1.29, 1.82) is 0 Å². The van der Waals surface area contributed by atoms with Gasteiger partial charge in [0.2, 0.25) is 0 Å². The molecule has 4 nitrogen and oxygen atoms in total. The average Bonchev–Trinajstić information content (AvgIpc) is 2.71. The van der Waals surface area contributed by atoms with Crippen LogP contribution < -0.4 is 0 Å². The summed E-state index contributed by atoms with van der Waals surface area (Å²) in [6.07, 6.45) is 2.99. The van der Waals surface area contributed by atoms with Crippen LogP contribution in [0.25, 0.3) is 0 Å². The van der Waals surface area contributed by atoms with Crippen molar-refractivity contribution in [2.75, 3.05) is 13.2 Å². The molecule has 0 amide bonds. The van der Waals surface area contributed by atoms with E-state index in [0.29, 0.717) is 13.2 Å². The summed E-state index contributed by atoms with van der Waals surface area (Å²) >= 11 is 0. The third-order valence-corrected chi connectivity index (χ3v) is 5.60. The first-order valence-electron chi connectivity index (χ1n) is 5.25. The van der Waals surface area contributed by atoms with Gasteiger partial charge in [-0.2, -0.15) is 0 Å². The van der Waals surface area contributed by atoms with Crippen molar-refractivity contribution in [3.63, 3.8) is 0 Å². The molecule has 1 aliphatic heterocycles. The van der Waals surface area contributed by atoms with Gasteiger partial charge in [-0.1, -0.05) is 0 Å². The highest BCUT2D eigenvalue weighted by molar-refractivity contribution is 7.55. The van der Waals surface area contributed by atoms with Gasteiger partial charge in [0, 0.05) is 0 Å². The lowest BCUT2D eigenvalue weighted by molar-refractivity contribution is 0.180. The normalized spacial score (nSPS) is 35.7. The number of epoxide rings is 1.